The van der Waals surface area contributed by atoms with E-state index in [2.05, 4.69) is 15.4 Å². The number of hydrogen-bond donors (Lipinski definition) is 1. The summed E-state index contributed by atoms with van der Waals surface area (Å²) < 4.78 is 15.1. The summed E-state index contributed by atoms with van der Waals surface area (Å²) >= 11 is 0. The van der Waals surface area contributed by atoms with Crippen molar-refractivity contribution in [1.82, 2.24) is 20.1 Å². The molecule has 4 rings (SSSR count). The standard InChI is InChI=1S/C20H19FN4O/c1-13-11-14(7-10-17(13)21)12-22-20(26)18-23-19(15-8-9-15)25(24-18)16-5-3-2-4-6-16/h2-7,10-11,15H,8-9,12H2,1H3,(H,22,26). The molecular formula is C20H19FN4O. The van der Waals surface area contributed by atoms with Crippen LogP contribution in [0.3, 0.4) is 0 Å². The minimum Gasteiger partial charge on any atom is -0.345 e. The van der Waals surface area contributed by atoms with Crippen LogP contribution >= 0.6 is 0 Å². The highest BCUT2D eigenvalue weighted by Gasteiger charge is 2.31. The van der Waals surface area contributed by atoms with Crippen molar-refractivity contribution >= 4 is 5.91 Å². The Morgan fingerprint density at radius 2 is 2.00 bits per heavy atom. The van der Waals surface area contributed by atoms with Gasteiger partial charge < -0.3 is 5.32 Å². The molecule has 0 saturated heterocycles. The summed E-state index contributed by atoms with van der Waals surface area (Å²) in [6.07, 6.45) is 2.14. The van der Waals surface area contributed by atoms with Crippen molar-refractivity contribution in [2.24, 2.45) is 0 Å². The van der Waals surface area contributed by atoms with E-state index in [9.17, 15) is 9.18 Å². The second-order valence-corrected chi connectivity index (χ2v) is 6.58. The molecule has 0 spiro atoms. The molecule has 0 aliphatic heterocycles. The van der Waals surface area contributed by atoms with Crippen LogP contribution in [0.4, 0.5) is 4.39 Å². The van der Waals surface area contributed by atoms with Gasteiger partial charge in [0, 0.05) is 12.5 Å². The fraction of sp³-hybridized carbons (Fsp3) is 0.250. The van der Waals surface area contributed by atoms with Crippen molar-refractivity contribution in [3.63, 3.8) is 0 Å². The third-order valence-corrected chi connectivity index (χ3v) is 4.45. The minimum atomic E-state index is -0.330. The third kappa shape index (κ3) is 3.35. The van der Waals surface area contributed by atoms with Crippen LogP contribution in [0.25, 0.3) is 5.69 Å². The molecule has 132 valence electrons. The zero-order valence-electron chi connectivity index (χ0n) is 14.4. The molecule has 1 aliphatic carbocycles. The van der Waals surface area contributed by atoms with Crippen LogP contribution < -0.4 is 5.32 Å². The molecule has 1 aromatic heterocycles. The zero-order valence-corrected chi connectivity index (χ0v) is 14.4. The van der Waals surface area contributed by atoms with Crippen molar-refractivity contribution in [3.8, 4) is 5.69 Å². The molecule has 0 unspecified atom stereocenters. The molecule has 26 heavy (non-hydrogen) atoms. The smallest absolute Gasteiger partial charge is 0.291 e. The molecule has 0 atom stereocenters. The van der Waals surface area contributed by atoms with E-state index in [1.54, 1.807) is 23.7 Å². The number of aryl methyl sites for hydroxylation is 1. The number of amides is 1. The fourth-order valence-electron chi connectivity index (χ4n) is 2.86. The molecule has 0 radical (unpaired) electrons. The van der Waals surface area contributed by atoms with Crippen LogP contribution in [-0.4, -0.2) is 20.7 Å². The Kier molecular flexibility index (Phi) is 4.24. The Balaban J connectivity index is 1.53. The summed E-state index contributed by atoms with van der Waals surface area (Å²) in [6, 6.07) is 14.5. The Labute approximate surface area is 150 Å². The van der Waals surface area contributed by atoms with Gasteiger partial charge in [-0.2, -0.15) is 0 Å². The molecule has 1 fully saturated rings. The van der Waals surface area contributed by atoms with E-state index in [1.165, 1.54) is 6.07 Å². The van der Waals surface area contributed by atoms with Gasteiger partial charge in [-0.25, -0.2) is 14.1 Å². The monoisotopic (exact) mass is 350 g/mol. The average molecular weight is 350 g/mol. The maximum Gasteiger partial charge on any atom is 0.291 e. The first-order chi connectivity index (χ1) is 12.6. The molecule has 1 heterocycles. The molecule has 3 aromatic rings. The molecule has 5 nitrogen and oxygen atoms in total. The van der Waals surface area contributed by atoms with Crippen LogP contribution in [0, 0.1) is 12.7 Å². The summed E-state index contributed by atoms with van der Waals surface area (Å²) in [5, 5.41) is 7.23. The number of halogens is 1. The summed E-state index contributed by atoms with van der Waals surface area (Å²) in [5.74, 6) is 0.776. The second kappa shape index (κ2) is 6.71. The summed E-state index contributed by atoms with van der Waals surface area (Å²) in [7, 11) is 0. The van der Waals surface area contributed by atoms with Crippen LogP contribution in [0.2, 0.25) is 0 Å². The van der Waals surface area contributed by atoms with Gasteiger partial charge in [0.25, 0.3) is 5.91 Å². The lowest BCUT2D eigenvalue weighted by Crippen LogP contribution is -2.24. The number of carbonyl (C=O) groups excluding carboxylic acids is 1. The quantitative estimate of drug-likeness (QED) is 0.766. The van der Waals surface area contributed by atoms with Crippen molar-refractivity contribution in [1.29, 1.82) is 0 Å². The van der Waals surface area contributed by atoms with E-state index in [1.807, 2.05) is 30.3 Å². The van der Waals surface area contributed by atoms with Gasteiger partial charge in [0.05, 0.1) is 5.69 Å². The molecule has 1 aliphatic rings. The van der Waals surface area contributed by atoms with E-state index < -0.39 is 0 Å². The Morgan fingerprint density at radius 3 is 2.69 bits per heavy atom. The van der Waals surface area contributed by atoms with Gasteiger partial charge >= 0.3 is 0 Å². The van der Waals surface area contributed by atoms with E-state index >= 15 is 0 Å². The van der Waals surface area contributed by atoms with Gasteiger partial charge in [-0.3, -0.25) is 4.79 Å². The molecule has 0 bridgehead atoms. The maximum absolute atomic E-state index is 13.3. The van der Waals surface area contributed by atoms with Gasteiger partial charge in [-0.15, -0.1) is 5.10 Å². The molecule has 6 heteroatoms. The van der Waals surface area contributed by atoms with E-state index in [0.717, 1.165) is 29.9 Å². The fourth-order valence-corrected chi connectivity index (χ4v) is 2.86. The average Bonchev–Trinajstić information content (AvgIpc) is 3.41. The predicted molar refractivity (Wildman–Crippen MR) is 95.6 cm³/mol. The first kappa shape index (κ1) is 16.4. The first-order valence-electron chi connectivity index (χ1n) is 8.67. The summed E-state index contributed by atoms with van der Waals surface area (Å²) in [5.41, 5.74) is 2.29. The van der Waals surface area contributed by atoms with E-state index in [0.29, 0.717) is 18.0 Å². The highest BCUT2D eigenvalue weighted by atomic mass is 19.1. The first-order valence-corrected chi connectivity index (χ1v) is 8.67. The minimum absolute atomic E-state index is 0.162. The predicted octanol–water partition coefficient (Wildman–Crippen LogP) is 3.52. The number of carbonyl (C=O) groups is 1. The topological polar surface area (TPSA) is 59.8 Å². The van der Waals surface area contributed by atoms with Crippen molar-refractivity contribution < 1.29 is 9.18 Å². The van der Waals surface area contributed by atoms with Crippen LogP contribution in [0.5, 0.6) is 0 Å². The maximum atomic E-state index is 13.3. The SMILES string of the molecule is Cc1cc(CNC(=O)c2nc(C3CC3)n(-c3ccccc3)n2)ccc1F. The number of hydrogen-bond acceptors (Lipinski definition) is 3. The van der Waals surface area contributed by atoms with E-state index in [4.69, 9.17) is 0 Å². The van der Waals surface area contributed by atoms with Gasteiger partial charge in [0.2, 0.25) is 5.82 Å². The van der Waals surface area contributed by atoms with Gasteiger partial charge in [-0.1, -0.05) is 30.3 Å². The lowest BCUT2D eigenvalue weighted by Gasteiger charge is -2.05. The Bertz CT molecular complexity index is 948. The van der Waals surface area contributed by atoms with Gasteiger partial charge in [-0.05, 0) is 49.1 Å². The third-order valence-electron chi connectivity index (χ3n) is 4.45. The molecule has 1 N–H and O–H groups in total. The largest absolute Gasteiger partial charge is 0.345 e. The lowest BCUT2D eigenvalue weighted by atomic mass is 10.1. The number of rotatable bonds is 5. The van der Waals surface area contributed by atoms with Crippen LogP contribution in [-0.2, 0) is 6.54 Å². The normalized spacial score (nSPS) is 13.6. The molecule has 2 aromatic carbocycles. The zero-order chi connectivity index (χ0) is 18.1. The number of nitrogens with one attached hydrogen (secondary N) is 1. The summed E-state index contributed by atoms with van der Waals surface area (Å²) in [6.45, 7) is 2.00. The number of para-hydroxylation sites is 1. The van der Waals surface area contributed by atoms with Gasteiger partial charge in [0.1, 0.15) is 11.6 Å². The second-order valence-electron chi connectivity index (χ2n) is 6.58. The number of benzene rings is 2. The van der Waals surface area contributed by atoms with Crippen molar-refractivity contribution in [2.45, 2.75) is 32.2 Å². The van der Waals surface area contributed by atoms with E-state index in [-0.39, 0.29) is 17.5 Å². The lowest BCUT2D eigenvalue weighted by molar-refractivity contribution is 0.0940. The van der Waals surface area contributed by atoms with Gasteiger partial charge in [0.15, 0.2) is 0 Å². The molecule has 1 amide bonds. The van der Waals surface area contributed by atoms with Crippen LogP contribution in [0.15, 0.2) is 48.5 Å². The van der Waals surface area contributed by atoms with Crippen molar-refractivity contribution in [2.75, 3.05) is 0 Å². The highest BCUT2D eigenvalue weighted by Crippen LogP contribution is 2.39. The van der Waals surface area contributed by atoms with Crippen molar-refractivity contribution in [3.05, 3.63) is 77.1 Å². The Hall–Kier alpha value is -3.02. The van der Waals surface area contributed by atoms with Crippen LogP contribution in [0.1, 0.15) is 46.3 Å². The highest BCUT2D eigenvalue weighted by molar-refractivity contribution is 5.90. The summed E-state index contributed by atoms with van der Waals surface area (Å²) in [4.78, 5) is 17.0. The molecule has 1 saturated carbocycles. The Morgan fingerprint density at radius 1 is 1.23 bits per heavy atom. The number of aromatic nitrogens is 3. The number of nitrogens with zero attached hydrogens (tertiary/aromatic N) is 3. The molecular weight excluding hydrogens is 331 g/mol.